The minimum Gasteiger partial charge on any atom is -0.369 e. The standard InChI is InChI=1S/C18H23N5O/c1-5-12-7-6-8-13(9-12)14-10-15(23(4)21-14)18(2)11-16(24)22(3)17(19)20-18/h6-10H,5,11H2,1-4H3,(H2,19,20)/t18-/m0/s1. The van der Waals surface area contributed by atoms with Crippen LogP contribution < -0.4 is 5.73 Å². The zero-order valence-electron chi connectivity index (χ0n) is 14.6. The minimum absolute atomic E-state index is 0.0410. The highest BCUT2D eigenvalue weighted by molar-refractivity contribution is 5.98. The molecule has 1 aliphatic rings. The second-order valence-electron chi connectivity index (χ2n) is 6.47. The van der Waals surface area contributed by atoms with Crippen molar-refractivity contribution in [1.82, 2.24) is 14.7 Å². The van der Waals surface area contributed by atoms with Crippen molar-refractivity contribution < 1.29 is 4.79 Å². The fourth-order valence-corrected chi connectivity index (χ4v) is 3.12. The van der Waals surface area contributed by atoms with Crippen molar-refractivity contribution in [2.45, 2.75) is 32.2 Å². The molecule has 1 aliphatic heterocycles. The Bertz CT molecular complexity index is 823. The molecule has 6 nitrogen and oxygen atoms in total. The number of nitrogens with two attached hydrogens (primary N) is 1. The van der Waals surface area contributed by atoms with Crippen LogP contribution in [0.4, 0.5) is 0 Å². The molecule has 0 unspecified atom stereocenters. The van der Waals surface area contributed by atoms with Crippen molar-refractivity contribution in [3.05, 3.63) is 41.6 Å². The van der Waals surface area contributed by atoms with Crippen molar-refractivity contribution in [2.75, 3.05) is 7.05 Å². The minimum atomic E-state index is -0.698. The summed E-state index contributed by atoms with van der Waals surface area (Å²) in [6.45, 7) is 4.06. The first-order valence-corrected chi connectivity index (χ1v) is 8.10. The van der Waals surface area contributed by atoms with Gasteiger partial charge >= 0.3 is 0 Å². The van der Waals surface area contributed by atoms with Gasteiger partial charge in [-0.3, -0.25) is 14.4 Å². The Labute approximate surface area is 142 Å². The summed E-state index contributed by atoms with van der Waals surface area (Å²) in [6.07, 6.45) is 1.26. The molecule has 2 heterocycles. The lowest BCUT2D eigenvalue weighted by Gasteiger charge is -2.33. The molecule has 0 bridgehead atoms. The molecule has 1 amide bonds. The fourth-order valence-electron chi connectivity index (χ4n) is 3.12. The number of aromatic nitrogens is 2. The molecule has 0 spiro atoms. The number of hydrogen-bond acceptors (Lipinski definition) is 4. The number of nitrogens with zero attached hydrogens (tertiary/aromatic N) is 4. The Kier molecular flexibility index (Phi) is 3.91. The van der Waals surface area contributed by atoms with E-state index in [4.69, 9.17) is 5.73 Å². The Morgan fingerprint density at radius 3 is 2.71 bits per heavy atom. The SMILES string of the molecule is CCc1cccc(-c2cc([C@]3(C)CC(=O)N(C)C(N)=N3)n(C)n2)c1. The average Bonchev–Trinajstić information content (AvgIpc) is 2.95. The maximum atomic E-state index is 12.2. The van der Waals surface area contributed by atoms with Gasteiger partial charge in [0, 0.05) is 19.7 Å². The molecule has 2 aromatic rings. The molecular formula is C18H23N5O. The zero-order valence-corrected chi connectivity index (χ0v) is 14.6. The molecule has 0 saturated carbocycles. The van der Waals surface area contributed by atoms with Crippen LogP contribution in [-0.2, 0) is 23.8 Å². The fraction of sp³-hybridized carbons (Fsp3) is 0.389. The van der Waals surface area contributed by atoms with Crippen LogP contribution in [-0.4, -0.2) is 33.6 Å². The lowest BCUT2D eigenvalue weighted by atomic mass is 9.91. The van der Waals surface area contributed by atoms with Crippen molar-refractivity contribution in [3.63, 3.8) is 0 Å². The predicted molar refractivity (Wildman–Crippen MR) is 94.4 cm³/mol. The maximum absolute atomic E-state index is 12.2. The van der Waals surface area contributed by atoms with Crippen LogP contribution >= 0.6 is 0 Å². The maximum Gasteiger partial charge on any atom is 0.231 e. The first kappa shape index (κ1) is 16.2. The third kappa shape index (κ3) is 2.68. The van der Waals surface area contributed by atoms with Gasteiger partial charge in [0.1, 0.15) is 5.54 Å². The van der Waals surface area contributed by atoms with Gasteiger partial charge in [0.05, 0.1) is 17.8 Å². The monoisotopic (exact) mass is 325 g/mol. The van der Waals surface area contributed by atoms with Crippen molar-refractivity contribution in [3.8, 4) is 11.3 Å². The molecule has 0 saturated heterocycles. The third-order valence-corrected chi connectivity index (χ3v) is 4.64. The summed E-state index contributed by atoms with van der Waals surface area (Å²) >= 11 is 0. The molecule has 1 aromatic heterocycles. The lowest BCUT2D eigenvalue weighted by molar-refractivity contribution is -0.128. The van der Waals surface area contributed by atoms with E-state index in [2.05, 4.69) is 29.1 Å². The summed E-state index contributed by atoms with van der Waals surface area (Å²) < 4.78 is 1.79. The summed E-state index contributed by atoms with van der Waals surface area (Å²) in [5, 5.41) is 4.63. The van der Waals surface area contributed by atoms with Crippen LogP contribution in [0.5, 0.6) is 0 Å². The number of aryl methyl sites for hydroxylation is 2. The van der Waals surface area contributed by atoms with Gasteiger partial charge in [-0.2, -0.15) is 5.10 Å². The molecular weight excluding hydrogens is 302 g/mol. The van der Waals surface area contributed by atoms with Gasteiger partial charge in [0.2, 0.25) is 5.91 Å². The highest BCUT2D eigenvalue weighted by Crippen LogP contribution is 2.34. The average molecular weight is 325 g/mol. The van der Waals surface area contributed by atoms with Gasteiger partial charge in [-0.05, 0) is 31.0 Å². The highest BCUT2D eigenvalue weighted by Gasteiger charge is 2.38. The van der Waals surface area contributed by atoms with Crippen LogP contribution in [0.2, 0.25) is 0 Å². The number of rotatable bonds is 3. The molecule has 0 aliphatic carbocycles. The van der Waals surface area contributed by atoms with Crippen LogP contribution in [0.25, 0.3) is 11.3 Å². The Hall–Kier alpha value is -2.63. The highest BCUT2D eigenvalue weighted by atomic mass is 16.2. The van der Waals surface area contributed by atoms with Crippen molar-refractivity contribution in [2.24, 2.45) is 17.8 Å². The third-order valence-electron chi connectivity index (χ3n) is 4.64. The van der Waals surface area contributed by atoms with E-state index < -0.39 is 5.54 Å². The quantitative estimate of drug-likeness (QED) is 0.938. The molecule has 6 heteroatoms. The summed E-state index contributed by atoms with van der Waals surface area (Å²) in [5.74, 6) is 0.199. The molecule has 1 atom stereocenters. The van der Waals surface area contributed by atoms with Crippen LogP contribution in [0.1, 0.15) is 31.5 Å². The van der Waals surface area contributed by atoms with Gasteiger partial charge in [-0.1, -0.05) is 25.1 Å². The Balaban J connectivity index is 2.04. The molecule has 24 heavy (non-hydrogen) atoms. The molecule has 126 valence electrons. The van der Waals surface area contributed by atoms with E-state index in [-0.39, 0.29) is 18.3 Å². The van der Waals surface area contributed by atoms with Gasteiger partial charge in [-0.25, -0.2) is 4.99 Å². The van der Waals surface area contributed by atoms with E-state index in [9.17, 15) is 4.79 Å². The van der Waals surface area contributed by atoms with Gasteiger partial charge in [0.15, 0.2) is 5.96 Å². The van der Waals surface area contributed by atoms with Crippen LogP contribution in [0.15, 0.2) is 35.3 Å². The summed E-state index contributed by atoms with van der Waals surface area (Å²) in [4.78, 5) is 18.1. The van der Waals surface area contributed by atoms with E-state index in [1.807, 2.05) is 32.2 Å². The van der Waals surface area contributed by atoms with Crippen LogP contribution in [0.3, 0.4) is 0 Å². The van der Waals surface area contributed by atoms with E-state index >= 15 is 0 Å². The predicted octanol–water partition coefficient (Wildman–Crippen LogP) is 2.04. The number of amides is 1. The first-order valence-electron chi connectivity index (χ1n) is 8.10. The van der Waals surface area contributed by atoms with Crippen LogP contribution in [0, 0.1) is 0 Å². The van der Waals surface area contributed by atoms with E-state index in [0.29, 0.717) is 0 Å². The smallest absolute Gasteiger partial charge is 0.231 e. The van der Waals surface area contributed by atoms with Crippen molar-refractivity contribution in [1.29, 1.82) is 0 Å². The lowest BCUT2D eigenvalue weighted by Crippen LogP contribution is -2.48. The van der Waals surface area contributed by atoms with E-state index in [1.54, 1.807) is 11.7 Å². The molecule has 2 N–H and O–H groups in total. The van der Waals surface area contributed by atoms with Gasteiger partial charge < -0.3 is 5.73 Å². The topological polar surface area (TPSA) is 76.5 Å². The Morgan fingerprint density at radius 2 is 2.04 bits per heavy atom. The number of carbonyl (C=O) groups excluding carboxylic acids is 1. The summed E-state index contributed by atoms with van der Waals surface area (Å²) in [7, 11) is 3.52. The van der Waals surface area contributed by atoms with Crippen molar-refractivity contribution >= 4 is 11.9 Å². The largest absolute Gasteiger partial charge is 0.369 e. The van der Waals surface area contributed by atoms with Gasteiger partial charge in [-0.15, -0.1) is 0 Å². The molecule has 0 fully saturated rings. The molecule has 3 rings (SSSR count). The number of benzene rings is 1. The second kappa shape index (κ2) is 5.78. The number of aliphatic imine (C=N–C) groups is 1. The summed E-state index contributed by atoms with van der Waals surface area (Å²) in [5.41, 5.74) is 9.30. The normalized spacial score (nSPS) is 21.1. The van der Waals surface area contributed by atoms with Gasteiger partial charge in [0.25, 0.3) is 0 Å². The second-order valence-corrected chi connectivity index (χ2v) is 6.47. The molecule has 0 radical (unpaired) electrons. The Morgan fingerprint density at radius 1 is 1.29 bits per heavy atom. The first-order chi connectivity index (χ1) is 11.3. The number of carbonyl (C=O) groups is 1. The zero-order chi connectivity index (χ0) is 17.5. The summed E-state index contributed by atoms with van der Waals surface area (Å²) in [6, 6.07) is 10.3. The van der Waals surface area contributed by atoms with E-state index in [1.165, 1.54) is 10.5 Å². The number of hydrogen-bond donors (Lipinski definition) is 1. The number of guanidine groups is 1. The molecule has 1 aromatic carbocycles. The van der Waals surface area contributed by atoms with E-state index in [0.717, 1.165) is 23.4 Å².